The van der Waals surface area contributed by atoms with Crippen molar-refractivity contribution in [2.75, 3.05) is 5.75 Å². The van der Waals surface area contributed by atoms with Crippen molar-refractivity contribution in [1.29, 1.82) is 0 Å². The van der Waals surface area contributed by atoms with Gasteiger partial charge in [0.2, 0.25) is 23.6 Å². The molecule has 1 heterocycles. The molecule has 10 N–H and O–H groups in total. The number of nitrogens with zero attached hydrogens (tertiary/aromatic N) is 1. The number of thiol groups is 1. The zero-order chi connectivity index (χ0) is 25.1. The Labute approximate surface area is 192 Å². The normalized spacial score (nSPS) is 14.2. The highest BCUT2D eigenvalue weighted by molar-refractivity contribution is 7.80. The van der Waals surface area contributed by atoms with Crippen molar-refractivity contribution >= 4 is 48.2 Å². The number of carbonyl (C=O) groups excluding carboxylic acids is 4. The molecule has 4 atom stereocenters. The highest BCUT2D eigenvalue weighted by Gasteiger charge is 2.32. The molecule has 1 aromatic rings. The fourth-order valence-corrected chi connectivity index (χ4v) is 2.68. The fraction of sp³-hybridized carbons (Fsp3) is 0.471. The van der Waals surface area contributed by atoms with E-state index >= 15 is 0 Å². The Morgan fingerprint density at radius 2 is 1.55 bits per heavy atom. The van der Waals surface area contributed by atoms with E-state index in [9.17, 15) is 28.8 Å². The van der Waals surface area contributed by atoms with E-state index in [0.717, 1.165) is 0 Å². The first-order chi connectivity index (χ1) is 15.4. The van der Waals surface area contributed by atoms with Gasteiger partial charge in [0.15, 0.2) is 0 Å². The van der Waals surface area contributed by atoms with E-state index in [1.165, 1.54) is 12.5 Å². The molecule has 4 amide bonds. The molecule has 0 saturated heterocycles. The molecule has 0 spiro atoms. The lowest BCUT2D eigenvalue weighted by Gasteiger charge is -2.24. The smallest absolute Gasteiger partial charge is 0.326 e. The quantitative estimate of drug-likeness (QED) is 0.115. The summed E-state index contributed by atoms with van der Waals surface area (Å²) < 4.78 is 0. The maximum absolute atomic E-state index is 12.8. The molecule has 1 aromatic heterocycles. The Kier molecular flexibility index (Phi) is 10.8. The highest BCUT2D eigenvalue weighted by Crippen LogP contribution is 2.03. The van der Waals surface area contributed by atoms with E-state index < -0.39 is 72.6 Å². The van der Waals surface area contributed by atoms with Crippen molar-refractivity contribution in [3.63, 3.8) is 0 Å². The van der Waals surface area contributed by atoms with Crippen LogP contribution in [0.4, 0.5) is 0 Å². The minimum atomic E-state index is -1.82. The number of carboxylic acid groups (broad SMARTS) is 2. The molecule has 33 heavy (non-hydrogen) atoms. The molecule has 0 fully saturated rings. The maximum Gasteiger partial charge on any atom is 0.326 e. The second kappa shape index (κ2) is 13.0. The second-order valence-corrected chi connectivity index (χ2v) is 7.23. The minimum absolute atomic E-state index is 0.0168. The number of carboxylic acids is 2. The minimum Gasteiger partial charge on any atom is -0.481 e. The first-order valence-corrected chi connectivity index (χ1v) is 10.1. The highest BCUT2D eigenvalue weighted by atomic mass is 32.1. The number of aromatic amines is 1. The summed E-state index contributed by atoms with van der Waals surface area (Å²) in [6, 6.07) is -5.79. The van der Waals surface area contributed by atoms with E-state index in [-0.39, 0.29) is 12.2 Å². The van der Waals surface area contributed by atoms with Crippen molar-refractivity contribution in [1.82, 2.24) is 25.9 Å². The van der Waals surface area contributed by atoms with Crippen LogP contribution in [0.15, 0.2) is 12.5 Å². The van der Waals surface area contributed by atoms with Crippen LogP contribution < -0.4 is 27.4 Å². The van der Waals surface area contributed by atoms with Gasteiger partial charge in [-0.05, 0) is 0 Å². The molecule has 0 aliphatic carbocycles. The van der Waals surface area contributed by atoms with E-state index in [1.54, 1.807) is 0 Å². The number of amides is 4. The first kappa shape index (κ1) is 27.4. The van der Waals surface area contributed by atoms with Crippen LogP contribution in [0.2, 0.25) is 0 Å². The van der Waals surface area contributed by atoms with Crippen molar-refractivity contribution in [2.45, 2.75) is 43.4 Å². The van der Waals surface area contributed by atoms with Crippen LogP contribution in [0.1, 0.15) is 18.5 Å². The molecule has 0 aliphatic heterocycles. The third-order valence-corrected chi connectivity index (χ3v) is 4.57. The van der Waals surface area contributed by atoms with Gasteiger partial charge in [0.25, 0.3) is 0 Å². The Hall–Kier alpha value is -3.66. The topological polar surface area (TPSA) is 260 Å². The van der Waals surface area contributed by atoms with Crippen molar-refractivity contribution in [3.8, 4) is 0 Å². The average molecular weight is 487 g/mol. The zero-order valence-corrected chi connectivity index (χ0v) is 18.1. The lowest BCUT2D eigenvalue weighted by Crippen LogP contribution is -2.58. The van der Waals surface area contributed by atoms with Gasteiger partial charge in [0.1, 0.15) is 18.1 Å². The Morgan fingerprint density at radius 1 is 0.970 bits per heavy atom. The summed E-state index contributed by atoms with van der Waals surface area (Å²) in [5.41, 5.74) is 11.2. The van der Waals surface area contributed by atoms with Gasteiger partial charge in [-0.3, -0.25) is 24.0 Å². The molecule has 15 nitrogen and oxygen atoms in total. The van der Waals surface area contributed by atoms with E-state index in [1.807, 2.05) is 5.32 Å². The van der Waals surface area contributed by atoms with Gasteiger partial charge in [0.05, 0.1) is 25.2 Å². The van der Waals surface area contributed by atoms with E-state index in [2.05, 4.69) is 33.2 Å². The predicted molar refractivity (Wildman–Crippen MR) is 114 cm³/mol. The van der Waals surface area contributed by atoms with Crippen LogP contribution in [0.5, 0.6) is 0 Å². The van der Waals surface area contributed by atoms with Gasteiger partial charge in [0, 0.05) is 24.1 Å². The molecule has 4 unspecified atom stereocenters. The third-order valence-electron chi connectivity index (χ3n) is 4.18. The fourth-order valence-electron chi connectivity index (χ4n) is 2.52. The monoisotopic (exact) mass is 487 g/mol. The van der Waals surface area contributed by atoms with Crippen molar-refractivity contribution < 1.29 is 39.0 Å². The summed E-state index contributed by atoms with van der Waals surface area (Å²) in [4.78, 5) is 77.5. The number of carbonyl (C=O) groups is 6. The van der Waals surface area contributed by atoms with Crippen LogP contribution in [-0.2, 0) is 35.2 Å². The van der Waals surface area contributed by atoms with E-state index in [4.69, 9.17) is 21.7 Å². The number of H-pyrrole nitrogens is 1. The number of nitrogens with two attached hydrogens (primary N) is 2. The summed E-state index contributed by atoms with van der Waals surface area (Å²) in [5, 5.41) is 24.4. The van der Waals surface area contributed by atoms with Crippen LogP contribution in [0.3, 0.4) is 0 Å². The summed E-state index contributed by atoms with van der Waals surface area (Å²) in [6.07, 6.45) is 0.959. The van der Waals surface area contributed by atoms with Gasteiger partial charge in [-0.25, -0.2) is 9.78 Å². The maximum atomic E-state index is 12.8. The molecular formula is C17H25N7O8S. The van der Waals surface area contributed by atoms with Crippen LogP contribution >= 0.6 is 12.6 Å². The van der Waals surface area contributed by atoms with Gasteiger partial charge in [-0.15, -0.1) is 0 Å². The number of nitrogens with one attached hydrogen (secondary N) is 4. The average Bonchev–Trinajstić information content (AvgIpc) is 3.23. The summed E-state index contributed by atoms with van der Waals surface area (Å²) in [7, 11) is 0. The Morgan fingerprint density at radius 3 is 2.03 bits per heavy atom. The molecule has 16 heteroatoms. The molecule has 0 bridgehead atoms. The molecular weight excluding hydrogens is 462 g/mol. The van der Waals surface area contributed by atoms with Crippen LogP contribution in [-0.4, -0.2) is 85.7 Å². The molecule has 182 valence electrons. The van der Waals surface area contributed by atoms with Gasteiger partial charge in [-0.2, -0.15) is 12.6 Å². The summed E-state index contributed by atoms with van der Waals surface area (Å²) in [5.74, 6) is -6.96. The van der Waals surface area contributed by atoms with Crippen molar-refractivity contribution in [3.05, 3.63) is 18.2 Å². The zero-order valence-electron chi connectivity index (χ0n) is 17.2. The molecule has 0 aromatic carbocycles. The molecule has 0 aliphatic rings. The number of aromatic nitrogens is 2. The molecule has 0 saturated carbocycles. The summed E-state index contributed by atoms with van der Waals surface area (Å²) in [6.45, 7) is 0. The van der Waals surface area contributed by atoms with Crippen molar-refractivity contribution in [2.24, 2.45) is 11.5 Å². The van der Waals surface area contributed by atoms with Gasteiger partial charge < -0.3 is 42.6 Å². The number of rotatable bonds is 14. The number of hydrogen-bond donors (Lipinski definition) is 9. The lowest BCUT2D eigenvalue weighted by atomic mass is 10.1. The predicted octanol–water partition coefficient (Wildman–Crippen LogP) is -3.90. The lowest BCUT2D eigenvalue weighted by molar-refractivity contribution is -0.147. The summed E-state index contributed by atoms with van der Waals surface area (Å²) >= 11 is 3.91. The number of primary amides is 1. The van der Waals surface area contributed by atoms with E-state index in [0.29, 0.717) is 5.69 Å². The third kappa shape index (κ3) is 9.56. The number of hydrogen-bond acceptors (Lipinski definition) is 9. The first-order valence-electron chi connectivity index (χ1n) is 9.42. The van der Waals surface area contributed by atoms with Gasteiger partial charge >= 0.3 is 11.9 Å². The standard InChI is InChI=1S/C17H25N7O8S/c18-8(5-33)14(28)22-9(1-7-4-20-6-21-7)15(29)23-10(2-12(19)25)16(30)24-11(17(31)32)3-13(26)27/h4,6,8-11,33H,1-3,5,18H2,(H2,19,25)(H,20,21)(H,22,28)(H,23,29)(H,24,30)(H,26,27)(H,31,32). The SMILES string of the molecule is NC(=O)CC(NC(=O)C(Cc1cnc[nH]1)NC(=O)C(N)CS)C(=O)NC(CC(=O)O)C(=O)O. The Bertz CT molecular complexity index is 879. The Balaban J connectivity index is 3.05. The van der Waals surface area contributed by atoms with Crippen LogP contribution in [0.25, 0.3) is 0 Å². The molecule has 0 radical (unpaired) electrons. The van der Waals surface area contributed by atoms with Crippen LogP contribution in [0, 0.1) is 0 Å². The number of aliphatic carboxylic acids is 2. The number of imidazole rings is 1. The van der Waals surface area contributed by atoms with Gasteiger partial charge in [-0.1, -0.05) is 0 Å². The largest absolute Gasteiger partial charge is 0.481 e. The molecule has 1 rings (SSSR count). The second-order valence-electron chi connectivity index (χ2n) is 6.86.